The number of nitro benzene ring substituents is 1. The molecule has 1 aliphatic rings. The number of pyridine rings is 1. The first-order valence-corrected chi connectivity index (χ1v) is 11.0. The third-order valence-corrected chi connectivity index (χ3v) is 6.15. The molecule has 4 aromatic rings. The van der Waals surface area contributed by atoms with E-state index in [-0.39, 0.29) is 22.7 Å². The van der Waals surface area contributed by atoms with Crippen LogP contribution in [0.4, 0.5) is 5.69 Å². The van der Waals surface area contributed by atoms with E-state index in [1.807, 2.05) is 65.4 Å². The van der Waals surface area contributed by atoms with Gasteiger partial charge in [-0.25, -0.2) is 0 Å². The third kappa shape index (κ3) is 4.08. The number of thiocarbonyl (C=S) groups is 1. The highest BCUT2D eigenvalue weighted by atomic mass is 32.1. The molecule has 8 heteroatoms. The lowest BCUT2D eigenvalue weighted by molar-refractivity contribution is -0.384. The predicted octanol–water partition coefficient (Wildman–Crippen LogP) is 4.95. The van der Waals surface area contributed by atoms with Gasteiger partial charge in [-0.3, -0.25) is 15.1 Å². The van der Waals surface area contributed by atoms with Gasteiger partial charge in [-0.2, -0.15) is 0 Å². The van der Waals surface area contributed by atoms with Gasteiger partial charge in [0.25, 0.3) is 5.69 Å². The van der Waals surface area contributed by atoms with Crippen LogP contribution in [0.25, 0.3) is 5.69 Å². The fraction of sp³-hybridized carbons (Fsp3) is 0.120. The van der Waals surface area contributed by atoms with Gasteiger partial charge in [0, 0.05) is 36.8 Å². The molecule has 0 saturated carbocycles. The fourth-order valence-electron chi connectivity index (χ4n) is 4.30. The molecular weight excluding hydrogens is 434 g/mol. The standard InChI is InChI=1S/C25H21N5O2S/c31-30(32)20-11-6-10-19(16-20)28-15-7-13-22(28)24-23(21-12-4-5-14-26-21)27-25(33)29(24)17-18-8-2-1-3-9-18/h1-16,23-24H,17H2,(H,27,33). The van der Waals surface area contributed by atoms with E-state index in [0.29, 0.717) is 11.7 Å². The number of non-ortho nitro benzene ring substituents is 1. The molecule has 5 rings (SSSR count). The normalized spacial score (nSPS) is 17.7. The van der Waals surface area contributed by atoms with Gasteiger partial charge in [0.15, 0.2) is 5.11 Å². The average Bonchev–Trinajstić information content (AvgIpc) is 3.45. The van der Waals surface area contributed by atoms with E-state index in [4.69, 9.17) is 12.2 Å². The van der Waals surface area contributed by atoms with E-state index < -0.39 is 0 Å². The Balaban J connectivity index is 1.61. The van der Waals surface area contributed by atoms with Crippen molar-refractivity contribution in [1.82, 2.24) is 19.8 Å². The van der Waals surface area contributed by atoms with Crippen molar-refractivity contribution in [3.8, 4) is 5.69 Å². The molecule has 0 spiro atoms. The number of nitro groups is 1. The van der Waals surface area contributed by atoms with Crippen molar-refractivity contribution in [3.63, 3.8) is 0 Å². The SMILES string of the molecule is O=[N+]([O-])c1cccc(-n2cccc2C2C(c3ccccn3)NC(=S)N2Cc2ccccc2)c1. The maximum absolute atomic E-state index is 11.4. The van der Waals surface area contributed by atoms with E-state index in [1.165, 1.54) is 6.07 Å². The van der Waals surface area contributed by atoms with Crippen molar-refractivity contribution in [2.45, 2.75) is 18.6 Å². The molecule has 2 atom stereocenters. The molecule has 0 aliphatic carbocycles. The van der Waals surface area contributed by atoms with Crippen LogP contribution < -0.4 is 5.32 Å². The Bertz CT molecular complexity index is 1290. The van der Waals surface area contributed by atoms with Crippen LogP contribution in [-0.4, -0.2) is 24.5 Å². The number of benzene rings is 2. The first-order chi connectivity index (χ1) is 16.1. The van der Waals surface area contributed by atoms with Gasteiger partial charge in [-0.05, 0) is 48.1 Å². The molecule has 33 heavy (non-hydrogen) atoms. The zero-order valence-corrected chi connectivity index (χ0v) is 18.4. The van der Waals surface area contributed by atoms with Gasteiger partial charge < -0.3 is 14.8 Å². The largest absolute Gasteiger partial charge is 0.352 e. The first kappa shape index (κ1) is 20.8. The summed E-state index contributed by atoms with van der Waals surface area (Å²) in [6.07, 6.45) is 3.70. The number of hydrogen-bond acceptors (Lipinski definition) is 4. The average molecular weight is 456 g/mol. The summed E-state index contributed by atoms with van der Waals surface area (Å²) in [6, 6.07) is 26.3. The molecule has 1 aliphatic heterocycles. The predicted molar refractivity (Wildman–Crippen MR) is 130 cm³/mol. The van der Waals surface area contributed by atoms with Crippen molar-refractivity contribution < 1.29 is 4.92 Å². The van der Waals surface area contributed by atoms with Crippen LogP contribution in [0.15, 0.2) is 97.3 Å². The zero-order chi connectivity index (χ0) is 22.8. The van der Waals surface area contributed by atoms with Crippen LogP contribution >= 0.6 is 12.2 Å². The molecular formula is C25H21N5O2S. The monoisotopic (exact) mass is 455 g/mol. The lowest BCUT2D eigenvalue weighted by Gasteiger charge is -2.29. The van der Waals surface area contributed by atoms with Crippen molar-refractivity contribution in [2.75, 3.05) is 0 Å². The molecule has 2 aromatic heterocycles. The number of nitrogens with one attached hydrogen (secondary N) is 1. The number of hydrogen-bond donors (Lipinski definition) is 1. The molecule has 0 bridgehead atoms. The summed E-state index contributed by atoms with van der Waals surface area (Å²) in [5.41, 5.74) is 3.76. The van der Waals surface area contributed by atoms with E-state index in [9.17, 15) is 10.1 Å². The van der Waals surface area contributed by atoms with Gasteiger partial charge in [0.05, 0.1) is 28.4 Å². The summed E-state index contributed by atoms with van der Waals surface area (Å²) >= 11 is 5.77. The topological polar surface area (TPSA) is 76.2 Å². The molecule has 2 unspecified atom stereocenters. The maximum atomic E-state index is 11.4. The van der Waals surface area contributed by atoms with Crippen molar-refractivity contribution in [2.24, 2.45) is 0 Å². The van der Waals surface area contributed by atoms with Crippen molar-refractivity contribution in [1.29, 1.82) is 0 Å². The Morgan fingerprint density at radius 1 is 1.00 bits per heavy atom. The van der Waals surface area contributed by atoms with Crippen LogP contribution in [0.5, 0.6) is 0 Å². The number of nitrogens with zero attached hydrogens (tertiary/aromatic N) is 4. The number of rotatable bonds is 6. The molecule has 7 nitrogen and oxygen atoms in total. The smallest absolute Gasteiger partial charge is 0.271 e. The summed E-state index contributed by atoms with van der Waals surface area (Å²) < 4.78 is 1.99. The molecule has 1 saturated heterocycles. The third-order valence-electron chi connectivity index (χ3n) is 5.80. The second-order valence-electron chi connectivity index (χ2n) is 7.82. The minimum Gasteiger partial charge on any atom is -0.352 e. The van der Waals surface area contributed by atoms with Crippen molar-refractivity contribution >= 4 is 23.0 Å². The second kappa shape index (κ2) is 8.84. The Kier molecular flexibility index (Phi) is 5.58. The van der Waals surface area contributed by atoms with Crippen molar-refractivity contribution in [3.05, 3.63) is 124 Å². The highest BCUT2D eigenvalue weighted by Crippen LogP contribution is 2.40. The summed E-state index contributed by atoms with van der Waals surface area (Å²) in [4.78, 5) is 17.7. The van der Waals surface area contributed by atoms with Gasteiger partial charge in [0.2, 0.25) is 0 Å². The minimum atomic E-state index is -0.378. The van der Waals surface area contributed by atoms with Gasteiger partial charge in [-0.15, -0.1) is 0 Å². The molecule has 1 fully saturated rings. The molecule has 0 amide bonds. The van der Waals surface area contributed by atoms with E-state index in [0.717, 1.165) is 22.6 Å². The molecule has 1 N–H and O–H groups in total. The van der Waals surface area contributed by atoms with E-state index in [2.05, 4.69) is 27.3 Å². The number of aromatic nitrogens is 2. The fourth-order valence-corrected chi connectivity index (χ4v) is 4.61. The summed E-state index contributed by atoms with van der Waals surface area (Å²) in [5.74, 6) is 0. The van der Waals surface area contributed by atoms with E-state index >= 15 is 0 Å². The van der Waals surface area contributed by atoms with Crippen LogP contribution in [0.3, 0.4) is 0 Å². The van der Waals surface area contributed by atoms with Gasteiger partial charge in [0.1, 0.15) is 0 Å². The van der Waals surface area contributed by atoms with Gasteiger partial charge in [-0.1, -0.05) is 42.5 Å². The molecule has 0 radical (unpaired) electrons. The Labute approximate surface area is 196 Å². The van der Waals surface area contributed by atoms with Crippen LogP contribution in [0.2, 0.25) is 0 Å². The Morgan fingerprint density at radius 3 is 2.58 bits per heavy atom. The lowest BCUT2D eigenvalue weighted by Crippen LogP contribution is -2.30. The zero-order valence-electron chi connectivity index (χ0n) is 17.6. The second-order valence-corrected chi connectivity index (χ2v) is 8.21. The quantitative estimate of drug-likeness (QED) is 0.252. The van der Waals surface area contributed by atoms with Crippen LogP contribution in [-0.2, 0) is 6.54 Å². The Morgan fingerprint density at radius 2 is 1.82 bits per heavy atom. The van der Waals surface area contributed by atoms with Crippen LogP contribution in [0, 0.1) is 10.1 Å². The lowest BCUT2D eigenvalue weighted by atomic mass is 10.0. The first-order valence-electron chi connectivity index (χ1n) is 10.6. The molecule has 164 valence electrons. The van der Waals surface area contributed by atoms with Gasteiger partial charge >= 0.3 is 0 Å². The minimum absolute atomic E-state index is 0.0506. The summed E-state index contributed by atoms with van der Waals surface area (Å²) in [7, 11) is 0. The Hall–Kier alpha value is -4.04. The molecule has 2 aromatic carbocycles. The molecule has 3 heterocycles. The maximum Gasteiger partial charge on any atom is 0.271 e. The summed E-state index contributed by atoms with van der Waals surface area (Å²) in [6.45, 7) is 0.626. The van der Waals surface area contributed by atoms with Crippen LogP contribution in [0.1, 0.15) is 29.0 Å². The van der Waals surface area contributed by atoms with E-state index in [1.54, 1.807) is 18.3 Å². The highest BCUT2D eigenvalue weighted by Gasteiger charge is 2.41. The summed E-state index contributed by atoms with van der Waals surface area (Å²) in [5, 5.41) is 15.5. The highest BCUT2D eigenvalue weighted by molar-refractivity contribution is 7.80.